The lowest BCUT2D eigenvalue weighted by Crippen LogP contribution is -2.32. The lowest BCUT2D eigenvalue weighted by atomic mass is 9.89. The smallest absolute Gasteiger partial charge is 0.223 e. The number of carbonyl (C=O) groups is 1. The maximum Gasteiger partial charge on any atom is 0.223 e. The fraction of sp³-hybridized carbons (Fsp3) is 0.500. The van der Waals surface area contributed by atoms with E-state index in [9.17, 15) is 4.79 Å². The van der Waals surface area contributed by atoms with Crippen molar-refractivity contribution in [2.24, 2.45) is 5.92 Å². The van der Waals surface area contributed by atoms with Gasteiger partial charge in [-0.15, -0.1) is 0 Å². The molecule has 1 aliphatic rings. The molecule has 1 aliphatic carbocycles. The molecule has 0 saturated heterocycles. The molecule has 0 unspecified atom stereocenters. The first-order chi connectivity index (χ1) is 16.1. The van der Waals surface area contributed by atoms with Gasteiger partial charge in [0.2, 0.25) is 5.91 Å². The highest BCUT2D eigenvalue weighted by Gasteiger charge is 2.20. The van der Waals surface area contributed by atoms with E-state index in [0.717, 1.165) is 55.7 Å². The van der Waals surface area contributed by atoms with Crippen LogP contribution in [0.15, 0.2) is 42.5 Å². The van der Waals surface area contributed by atoms with E-state index in [0.29, 0.717) is 13.2 Å². The molecule has 33 heavy (non-hydrogen) atoms. The van der Waals surface area contributed by atoms with Gasteiger partial charge in [0, 0.05) is 25.4 Å². The highest BCUT2D eigenvalue weighted by molar-refractivity contribution is 5.78. The fourth-order valence-corrected chi connectivity index (χ4v) is 4.75. The lowest BCUT2D eigenvalue weighted by molar-refractivity contribution is -0.125. The van der Waals surface area contributed by atoms with Crippen LogP contribution in [0.25, 0.3) is 11.0 Å². The number of aromatic nitrogens is 2. The summed E-state index contributed by atoms with van der Waals surface area (Å²) < 4.78 is 8.31. The first kappa shape index (κ1) is 23.3. The highest BCUT2D eigenvalue weighted by atomic mass is 16.5. The first-order valence-corrected chi connectivity index (χ1v) is 12.5. The number of ether oxygens (including phenoxy) is 1. The zero-order valence-corrected chi connectivity index (χ0v) is 20.1. The van der Waals surface area contributed by atoms with Gasteiger partial charge < -0.3 is 14.6 Å². The Bertz CT molecular complexity index is 1070. The SMILES string of the molecule is Cc1ccc(OCCCn2c(CCCNC(=O)C3CCCCC3)nc3ccccc32)cc1C. The van der Waals surface area contributed by atoms with E-state index in [2.05, 4.69) is 54.1 Å². The van der Waals surface area contributed by atoms with Crippen LogP contribution in [0.2, 0.25) is 0 Å². The summed E-state index contributed by atoms with van der Waals surface area (Å²) in [5.41, 5.74) is 4.75. The van der Waals surface area contributed by atoms with Crippen LogP contribution in [0.4, 0.5) is 0 Å². The van der Waals surface area contributed by atoms with Gasteiger partial charge in [0.1, 0.15) is 11.6 Å². The molecule has 2 aromatic carbocycles. The van der Waals surface area contributed by atoms with Crippen molar-refractivity contribution in [2.75, 3.05) is 13.2 Å². The maximum absolute atomic E-state index is 12.4. The number of benzene rings is 2. The largest absolute Gasteiger partial charge is 0.494 e. The summed E-state index contributed by atoms with van der Waals surface area (Å²) in [5, 5.41) is 3.16. The third-order valence-corrected chi connectivity index (χ3v) is 6.86. The number of fused-ring (bicyclic) bond motifs is 1. The van der Waals surface area contributed by atoms with Crippen LogP contribution in [0.3, 0.4) is 0 Å². The number of amides is 1. The van der Waals surface area contributed by atoms with Gasteiger partial charge in [-0.25, -0.2) is 4.98 Å². The van der Waals surface area contributed by atoms with Gasteiger partial charge in [-0.2, -0.15) is 0 Å². The minimum absolute atomic E-state index is 0.223. The molecule has 1 heterocycles. The number of para-hydroxylation sites is 2. The number of hydrogen-bond donors (Lipinski definition) is 1. The van der Waals surface area contributed by atoms with E-state index in [1.54, 1.807) is 0 Å². The number of nitrogens with one attached hydrogen (secondary N) is 1. The molecule has 3 aromatic rings. The zero-order valence-electron chi connectivity index (χ0n) is 20.1. The second-order valence-electron chi connectivity index (χ2n) is 9.35. The van der Waals surface area contributed by atoms with Gasteiger partial charge in [-0.1, -0.05) is 37.5 Å². The number of rotatable bonds is 10. The van der Waals surface area contributed by atoms with Crippen molar-refractivity contribution in [3.05, 3.63) is 59.4 Å². The fourth-order valence-electron chi connectivity index (χ4n) is 4.75. The molecule has 176 valence electrons. The van der Waals surface area contributed by atoms with Gasteiger partial charge >= 0.3 is 0 Å². The van der Waals surface area contributed by atoms with Gasteiger partial charge in [-0.3, -0.25) is 4.79 Å². The van der Waals surface area contributed by atoms with Crippen LogP contribution >= 0.6 is 0 Å². The average molecular weight is 448 g/mol. The Balaban J connectivity index is 1.30. The number of imidazole rings is 1. The summed E-state index contributed by atoms with van der Waals surface area (Å²) >= 11 is 0. The average Bonchev–Trinajstić information content (AvgIpc) is 3.19. The third-order valence-electron chi connectivity index (χ3n) is 6.86. The Morgan fingerprint density at radius 1 is 1.06 bits per heavy atom. The van der Waals surface area contributed by atoms with E-state index >= 15 is 0 Å². The van der Waals surface area contributed by atoms with Gasteiger partial charge in [-0.05, 0) is 74.9 Å². The molecule has 1 amide bonds. The molecule has 0 atom stereocenters. The molecule has 1 fully saturated rings. The van der Waals surface area contributed by atoms with Crippen LogP contribution in [0.5, 0.6) is 5.75 Å². The number of carbonyl (C=O) groups excluding carboxylic acids is 1. The van der Waals surface area contributed by atoms with Crippen LogP contribution < -0.4 is 10.1 Å². The Morgan fingerprint density at radius 3 is 2.70 bits per heavy atom. The van der Waals surface area contributed by atoms with Crippen molar-refractivity contribution < 1.29 is 9.53 Å². The van der Waals surface area contributed by atoms with E-state index in [1.165, 1.54) is 35.9 Å². The van der Waals surface area contributed by atoms with Gasteiger partial charge in [0.05, 0.1) is 17.6 Å². The van der Waals surface area contributed by atoms with Crippen molar-refractivity contribution in [3.63, 3.8) is 0 Å². The molecule has 4 rings (SSSR count). The van der Waals surface area contributed by atoms with E-state index in [4.69, 9.17) is 9.72 Å². The molecule has 0 bridgehead atoms. The zero-order chi connectivity index (χ0) is 23.0. The maximum atomic E-state index is 12.4. The monoisotopic (exact) mass is 447 g/mol. The molecule has 1 N–H and O–H groups in total. The number of aryl methyl sites for hydroxylation is 4. The Kier molecular flexibility index (Phi) is 8.03. The third kappa shape index (κ3) is 6.16. The summed E-state index contributed by atoms with van der Waals surface area (Å²) in [7, 11) is 0. The van der Waals surface area contributed by atoms with Crippen molar-refractivity contribution in [3.8, 4) is 5.75 Å². The van der Waals surface area contributed by atoms with E-state index < -0.39 is 0 Å². The minimum Gasteiger partial charge on any atom is -0.494 e. The molecular formula is C28H37N3O2. The lowest BCUT2D eigenvalue weighted by Gasteiger charge is -2.20. The first-order valence-electron chi connectivity index (χ1n) is 12.5. The quantitative estimate of drug-likeness (QED) is 0.403. The molecule has 5 heteroatoms. The van der Waals surface area contributed by atoms with Gasteiger partial charge in [0.25, 0.3) is 0 Å². The second-order valence-corrected chi connectivity index (χ2v) is 9.35. The molecule has 0 aliphatic heterocycles. The molecule has 1 aromatic heterocycles. The van der Waals surface area contributed by atoms with Crippen molar-refractivity contribution in [1.82, 2.24) is 14.9 Å². The standard InChI is InChI=1S/C28H37N3O2/c1-21-15-16-24(20-22(21)2)33-19-9-18-31-26-13-7-6-12-25(26)30-27(31)14-8-17-29-28(32)23-10-4-3-5-11-23/h6-7,12-13,15-16,20,23H,3-5,8-11,14,17-19H2,1-2H3,(H,29,32). The molecule has 0 radical (unpaired) electrons. The van der Waals surface area contributed by atoms with E-state index in [1.807, 2.05) is 12.1 Å². The van der Waals surface area contributed by atoms with Crippen molar-refractivity contribution in [2.45, 2.75) is 71.8 Å². The highest BCUT2D eigenvalue weighted by Crippen LogP contribution is 2.24. The Labute approximate surface area is 197 Å². The predicted octanol–water partition coefficient (Wildman–Crippen LogP) is 5.75. The molecular weight excluding hydrogens is 410 g/mol. The summed E-state index contributed by atoms with van der Waals surface area (Å²) in [6, 6.07) is 14.6. The summed E-state index contributed by atoms with van der Waals surface area (Å²) in [5.74, 6) is 2.49. The normalized spacial score (nSPS) is 14.5. The second kappa shape index (κ2) is 11.4. The van der Waals surface area contributed by atoms with Crippen LogP contribution in [-0.4, -0.2) is 28.6 Å². The predicted molar refractivity (Wildman–Crippen MR) is 134 cm³/mol. The molecule has 5 nitrogen and oxygen atoms in total. The van der Waals surface area contributed by atoms with Crippen LogP contribution in [-0.2, 0) is 17.8 Å². The molecule has 1 saturated carbocycles. The summed E-state index contributed by atoms with van der Waals surface area (Å²) in [6.45, 7) is 6.49. The Morgan fingerprint density at radius 2 is 1.88 bits per heavy atom. The summed E-state index contributed by atoms with van der Waals surface area (Å²) in [6.07, 6.45) is 8.43. The molecule has 0 spiro atoms. The number of nitrogens with zero attached hydrogens (tertiary/aromatic N) is 2. The van der Waals surface area contributed by atoms with Crippen molar-refractivity contribution in [1.29, 1.82) is 0 Å². The Hall–Kier alpha value is -2.82. The summed E-state index contributed by atoms with van der Waals surface area (Å²) in [4.78, 5) is 17.3. The van der Waals surface area contributed by atoms with Crippen LogP contribution in [0.1, 0.15) is 61.9 Å². The van der Waals surface area contributed by atoms with Crippen LogP contribution in [0, 0.1) is 19.8 Å². The number of hydrogen-bond acceptors (Lipinski definition) is 3. The van der Waals surface area contributed by atoms with Gasteiger partial charge in [0.15, 0.2) is 0 Å². The van der Waals surface area contributed by atoms with E-state index in [-0.39, 0.29) is 11.8 Å². The van der Waals surface area contributed by atoms with Crippen molar-refractivity contribution >= 4 is 16.9 Å². The topological polar surface area (TPSA) is 56.1 Å². The minimum atomic E-state index is 0.223.